The second-order valence-corrected chi connectivity index (χ2v) is 8.53. The molecule has 1 N–H and O–H groups in total. The number of alkyl halides is 3. The second kappa shape index (κ2) is 11.4. The Labute approximate surface area is 212 Å². The van der Waals surface area contributed by atoms with Gasteiger partial charge in [-0.05, 0) is 24.4 Å². The van der Waals surface area contributed by atoms with Crippen LogP contribution < -0.4 is 0 Å². The van der Waals surface area contributed by atoms with Gasteiger partial charge in [-0.1, -0.05) is 43.5 Å². The number of aliphatic carboxylic acids is 1. The van der Waals surface area contributed by atoms with Crippen LogP contribution in [0.15, 0.2) is 72.6 Å². The summed E-state index contributed by atoms with van der Waals surface area (Å²) < 4.78 is 80.4. The third-order valence-electron chi connectivity index (χ3n) is 4.64. The minimum absolute atomic E-state index is 0.0574. The fourth-order valence-electron chi connectivity index (χ4n) is 3.09. The predicted molar refractivity (Wildman–Crippen MR) is 122 cm³/mol. The average molecular weight is 559 g/mol. The molecule has 38 heavy (non-hydrogen) atoms. The van der Waals surface area contributed by atoms with E-state index in [1.54, 1.807) is 19.1 Å². The molecule has 3 rings (SSSR count). The third-order valence-corrected chi connectivity index (χ3v) is 5.56. The Morgan fingerprint density at radius 3 is 1.95 bits per heavy atom. The van der Waals surface area contributed by atoms with Gasteiger partial charge in [-0.25, -0.2) is 14.0 Å². The van der Waals surface area contributed by atoms with E-state index in [1.165, 1.54) is 24.3 Å². The molecule has 0 saturated heterocycles. The molecule has 0 radical (unpaired) electrons. The minimum atomic E-state index is -6.15. The first kappa shape index (κ1) is 29.9. The molecule has 0 aromatic heterocycles. The van der Waals surface area contributed by atoms with Crippen molar-refractivity contribution in [2.24, 2.45) is 0 Å². The number of ether oxygens (including phenoxy) is 1. The molecule has 0 fully saturated rings. The summed E-state index contributed by atoms with van der Waals surface area (Å²) in [7, 11) is -6.15. The zero-order valence-corrected chi connectivity index (χ0v) is 20.1. The van der Waals surface area contributed by atoms with E-state index in [4.69, 9.17) is 5.11 Å². The highest BCUT2D eigenvalue weighted by molar-refractivity contribution is 7.87. The molecule has 0 bridgehead atoms. The lowest BCUT2D eigenvalue weighted by Gasteiger charge is -2.25. The van der Waals surface area contributed by atoms with Crippen molar-refractivity contribution in [3.05, 3.63) is 83.7 Å². The van der Waals surface area contributed by atoms with E-state index in [1.807, 2.05) is 0 Å². The normalized spacial score (nSPS) is 13.8. The molecular formula is C23H17F4NO9S. The van der Waals surface area contributed by atoms with Crippen LogP contribution in [-0.2, 0) is 28.7 Å². The first-order chi connectivity index (χ1) is 17.6. The first-order valence-electron chi connectivity index (χ1n) is 10.1. The van der Waals surface area contributed by atoms with Gasteiger partial charge in [0, 0.05) is 5.39 Å². The Balaban J connectivity index is 0.000000296. The van der Waals surface area contributed by atoms with Gasteiger partial charge in [-0.2, -0.15) is 21.6 Å². The van der Waals surface area contributed by atoms with Crippen LogP contribution >= 0.6 is 0 Å². The summed E-state index contributed by atoms with van der Waals surface area (Å²) in [6, 6.07) is 8.63. The van der Waals surface area contributed by atoms with Crippen molar-refractivity contribution < 1.29 is 59.3 Å². The zero-order chi connectivity index (χ0) is 29.0. The van der Waals surface area contributed by atoms with E-state index in [0.717, 1.165) is 6.08 Å². The van der Waals surface area contributed by atoms with Gasteiger partial charge in [0.25, 0.3) is 11.8 Å². The summed E-state index contributed by atoms with van der Waals surface area (Å²) in [6.07, 6.45) is 0.923. The molecule has 2 aromatic carbocycles. The van der Waals surface area contributed by atoms with Gasteiger partial charge in [0.15, 0.2) is 0 Å². The Morgan fingerprint density at radius 2 is 1.58 bits per heavy atom. The van der Waals surface area contributed by atoms with E-state index in [9.17, 15) is 45.2 Å². The molecule has 10 nitrogen and oxygen atoms in total. The van der Waals surface area contributed by atoms with Crippen LogP contribution in [0.2, 0.25) is 0 Å². The fraction of sp³-hybridized carbons (Fsp3) is 0.130. The average Bonchev–Trinajstić information content (AvgIpc) is 2.82. The van der Waals surface area contributed by atoms with E-state index < -0.39 is 56.4 Å². The maximum Gasteiger partial charge on any atom is 0.525 e. The van der Waals surface area contributed by atoms with Crippen molar-refractivity contribution >= 4 is 44.6 Å². The number of carbonyl (C=O) groups is 4. The Kier molecular flexibility index (Phi) is 8.92. The second-order valence-electron chi connectivity index (χ2n) is 7.01. The summed E-state index contributed by atoms with van der Waals surface area (Å²) in [4.78, 5) is 46.2. The van der Waals surface area contributed by atoms with Crippen molar-refractivity contribution in [3.8, 4) is 0 Å². The summed E-state index contributed by atoms with van der Waals surface area (Å²) in [5, 5.41) is 9.00. The van der Waals surface area contributed by atoms with Crippen LogP contribution in [0.1, 0.15) is 27.6 Å². The number of halogens is 4. The van der Waals surface area contributed by atoms with Gasteiger partial charge in [-0.15, -0.1) is 9.35 Å². The number of hydroxylamine groups is 2. The van der Waals surface area contributed by atoms with Gasteiger partial charge in [0.05, 0.1) is 23.3 Å². The third kappa shape index (κ3) is 5.95. The summed E-state index contributed by atoms with van der Waals surface area (Å²) in [6.45, 7) is 7.65. The molecular weight excluding hydrogens is 542 g/mol. The maximum atomic E-state index is 12.8. The highest BCUT2D eigenvalue weighted by Crippen LogP contribution is 2.33. The molecule has 0 spiro atoms. The van der Waals surface area contributed by atoms with Crippen LogP contribution in [0, 0.1) is 0 Å². The van der Waals surface area contributed by atoms with Gasteiger partial charge in [0.2, 0.25) is 0 Å². The Bertz CT molecular complexity index is 1430. The van der Waals surface area contributed by atoms with E-state index >= 15 is 0 Å². The van der Waals surface area contributed by atoms with Crippen LogP contribution in [0.25, 0.3) is 10.8 Å². The lowest BCUT2D eigenvalue weighted by Crippen LogP contribution is -2.44. The maximum absolute atomic E-state index is 12.8. The number of rotatable bonds is 7. The molecule has 202 valence electrons. The minimum Gasteiger partial charge on any atom is -0.478 e. The highest BCUT2D eigenvalue weighted by Gasteiger charge is 2.51. The zero-order valence-electron chi connectivity index (χ0n) is 19.2. The quantitative estimate of drug-likeness (QED) is 0.134. The molecule has 0 saturated carbocycles. The first-order valence-corrected chi connectivity index (χ1v) is 11.5. The lowest BCUT2D eigenvalue weighted by molar-refractivity contribution is -0.139. The number of hydrogen-bond acceptors (Lipinski definition) is 8. The highest BCUT2D eigenvalue weighted by atomic mass is 32.2. The number of esters is 1. The Morgan fingerprint density at radius 1 is 1.08 bits per heavy atom. The molecule has 2 amide bonds. The standard InChI is InChI=1S/C13H6F3NO5S.C10H11FO4/c14-13(15,16)23(20,21)22-17-11(18)8-5-1-3-7-4-2-6-9(10(7)8)12(17)19;1-4-7(10(14)15-5-2)8(6(3)11)9(12)13/h1-6H;4H,1,3,5H2,2H3,(H,12,13)/b;8-7-. The van der Waals surface area contributed by atoms with Crippen LogP contribution in [0.4, 0.5) is 17.6 Å². The number of imide groups is 1. The number of amides is 2. The summed E-state index contributed by atoms with van der Waals surface area (Å²) in [5.74, 6) is -6.32. The van der Waals surface area contributed by atoms with Crippen molar-refractivity contribution in [1.82, 2.24) is 5.06 Å². The number of carboxylic acids is 1. The summed E-state index contributed by atoms with van der Waals surface area (Å²) >= 11 is 0. The topological polar surface area (TPSA) is 144 Å². The SMILES string of the molecule is C=C/C(C(=O)OCC)=C(\C(=C)F)C(=O)O.O=C1c2cccc3cccc(c23)C(=O)N1OS(=O)(=O)C(F)(F)F. The molecule has 1 aliphatic rings. The molecule has 15 heteroatoms. The molecule has 0 atom stereocenters. The predicted octanol–water partition coefficient (Wildman–Crippen LogP) is 3.82. The lowest BCUT2D eigenvalue weighted by atomic mass is 9.95. The van der Waals surface area contributed by atoms with Crippen LogP contribution in [-0.4, -0.2) is 54.5 Å². The smallest absolute Gasteiger partial charge is 0.478 e. The number of nitrogens with zero attached hydrogens (tertiary/aromatic N) is 1. The van der Waals surface area contributed by atoms with Gasteiger partial charge in [-0.3, -0.25) is 9.59 Å². The molecule has 2 aromatic rings. The van der Waals surface area contributed by atoms with Crippen LogP contribution in [0.5, 0.6) is 0 Å². The monoisotopic (exact) mass is 559 g/mol. The van der Waals surface area contributed by atoms with Crippen molar-refractivity contribution in [3.63, 3.8) is 0 Å². The molecule has 1 heterocycles. The Hall–Kier alpha value is -4.37. The van der Waals surface area contributed by atoms with E-state index in [0.29, 0.717) is 5.39 Å². The number of benzene rings is 2. The van der Waals surface area contributed by atoms with Gasteiger partial charge < -0.3 is 9.84 Å². The van der Waals surface area contributed by atoms with Gasteiger partial charge in [0.1, 0.15) is 11.4 Å². The molecule has 1 aliphatic heterocycles. The molecule has 0 unspecified atom stereocenters. The molecule has 0 aliphatic carbocycles. The van der Waals surface area contributed by atoms with Crippen molar-refractivity contribution in [1.29, 1.82) is 0 Å². The van der Waals surface area contributed by atoms with Gasteiger partial charge >= 0.3 is 27.6 Å². The van der Waals surface area contributed by atoms with Crippen LogP contribution in [0.3, 0.4) is 0 Å². The van der Waals surface area contributed by atoms with Crippen molar-refractivity contribution in [2.75, 3.05) is 6.61 Å². The number of hydrogen-bond donors (Lipinski definition) is 1. The largest absolute Gasteiger partial charge is 0.525 e. The number of carboxylic acid groups (broad SMARTS) is 1. The van der Waals surface area contributed by atoms with E-state index in [-0.39, 0.29) is 28.2 Å². The summed E-state index contributed by atoms with van der Waals surface area (Å²) in [5.41, 5.74) is -7.30. The fourth-order valence-corrected chi connectivity index (χ4v) is 3.51. The van der Waals surface area contributed by atoms with Crippen molar-refractivity contribution in [2.45, 2.75) is 12.4 Å². The van der Waals surface area contributed by atoms with E-state index in [2.05, 4.69) is 22.2 Å². The number of carbonyl (C=O) groups excluding carboxylic acids is 3.